The minimum absolute atomic E-state index is 0.143. The van der Waals surface area contributed by atoms with Gasteiger partial charge in [-0.25, -0.2) is 0 Å². The maximum atomic E-state index is 11.1. The van der Waals surface area contributed by atoms with Crippen LogP contribution in [0.4, 0.5) is 0 Å². The molecule has 0 saturated carbocycles. The standard InChI is InChI=1S/C11H14NO5/c13-10-3-1-9(2-4-10)6-8-17-11(14)5-7-12(15)16/h1-4,13,15H,5-8H2/q-1. The first-order valence-electron chi connectivity index (χ1n) is 5.15. The van der Waals surface area contributed by atoms with Gasteiger partial charge in [-0.2, -0.15) is 0 Å². The lowest BCUT2D eigenvalue weighted by molar-refractivity contribution is -0.146. The molecule has 1 rings (SSSR count). The van der Waals surface area contributed by atoms with Crippen LogP contribution in [0, 0.1) is 5.21 Å². The molecule has 0 spiro atoms. The Hall–Kier alpha value is -1.63. The first-order chi connectivity index (χ1) is 8.08. The molecule has 0 bridgehead atoms. The molecular weight excluding hydrogens is 226 g/mol. The van der Waals surface area contributed by atoms with Gasteiger partial charge in [0.15, 0.2) is 0 Å². The second-order valence-corrected chi connectivity index (χ2v) is 3.46. The number of phenols is 1. The van der Waals surface area contributed by atoms with Crippen molar-refractivity contribution in [3.05, 3.63) is 35.0 Å². The van der Waals surface area contributed by atoms with Crippen LogP contribution in [0.3, 0.4) is 0 Å². The quantitative estimate of drug-likeness (QED) is 0.570. The van der Waals surface area contributed by atoms with Crippen molar-refractivity contribution in [2.24, 2.45) is 0 Å². The van der Waals surface area contributed by atoms with Crippen molar-refractivity contribution in [2.75, 3.05) is 13.2 Å². The molecule has 0 aliphatic carbocycles. The zero-order valence-electron chi connectivity index (χ0n) is 9.20. The molecule has 0 amide bonds. The molecule has 1 aromatic carbocycles. The molecule has 0 fully saturated rings. The Labute approximate surface area is 98.6 Å². The predicted molar refractivity (Wildman–Crippen MR) is 59.2 cm³/mol. The SMILES string of the molecule is O=C(CCN([O-])O)OCCc1ccc(O)cc1. The van der Waals surface area contributed by atoms with Gasteiger partial charge in [-0.3, -0.25) is 10.0 Å². The summed E-state index contributed by atoms with van der Waals surface area (Å²) in [5.74, 6) is -0.345. The van der Waals surface area contributed by atoms with Gasteiger partial charge in [0.05, 0.1) is 13.0 Å². The van der Waals surface area contributed by atoms with Crippen LogP contribution in [0.15, 0.2) is 24.3 Å². The first kappa shape index (κ1) is 13.4. The van der Waals surface area contributed by atoms with Crippen molar-refractivity contribution >= 4 is 5.97 Å². The van der Waals surface area contributed by atoms with Gasteiger partial charge in [0.1, 0.15) is 5.75 Å². The Morgan fingerprint density at radius 1 is 1.35 bits per heavy atom. The average Bonchev–Trinajstić information content (AvgIpc) is 2.29. The Bertz CT molecular complexity index is 349. The maximum Gasteiger partial charge on any atom is 0.307 e. The van der Waals surface area contributed by atoms with Gasteiger partial charge in [0.25, 0.3) is 0 Å². The van der Waals surface area contributed by atoms with Gasteiger partial charge in [-0.15, -0.1) is 0 Å². The molecule has 0 aliphatic rings. The number of aromatic hydroxyl groups is 1. The van der Waals surface area contributed by atoms with Gasteiger partial charge in [-0.05, 0) is 17.7 Å². The second-order valence-electron chi connectivity index (χ2n) is 3.46. The molecule has 94 valence electrons. The van der Waals surface area contributed by atoms with E-state index in [4.69, 9.17) is 15.1 Å². The molecule has 6 heteroatoms. The summed E-state index contributed by atoms with van der Waals surface area (Å²) >= 11 is 0. The van der Waals surface area contributed by atoms with Crippen LogP contribution < -0.4 is 0 Å². The Morgan fingerprint density at radius 3 is 2.59 bits per heavy atom. The van der Waals surface area contributed by atoms with Crippen molar-refractivity contribution in [1.29, 1.82) is 0 Å². The van der Waals surface area contributed by atoms with Crippen LogP contribution in [0.2, 0.25) is 0 Å². The number of nitrogens with zero attached hydrogens (tertiary/aromatic N) is 1. The van der Waals surface area contributed by atoms with Crippen molar-refractivity contribution in [1.82, 2.24) is 5.23 Å². The number of rotatable bonds is 6. The highest BCUT2D eigenvalue weighted by Gasteiger charge is 2.02. The predicted octanol–water partition coefficient (Wildman–Crippen LogP) is 1.06. The van der Waals surface area contributed by atoms with E-state index in [0.717, 1.165) is 5.56 Å². The lowest BCUT2D eigenvalue weighted by Crippen LogP contribution is -2.17. The number of ether oxygens (including phenoxy) is 1. The number of hydrogen-bond donors (Lipinski definition) is 2. The summed E-state index contributed by atoms with van der Waals surface area (Å²) in [5.41, 5.74) is 0.934. The van der Waals surface area contributed by atoms with Crippen molar-refractivity contribution in [3.8, 4) is 5.75 Å². The van der Waals surface area contributed by atoms with Crippen molar-refractivity contribution in [2.45, 2.75) is 12.8 Å². The van der Waals surface area contributed by atoms with Crippen LogP contribution in [-0.4, -0.2) is 34.7 Å². The molecule has 1 aromatic rings. The second kappa shape index (κ2) is 6.85. The molecule has 0 atom stereocenters. The fourth-order valence-electron chi connectivity index (χ4n) is 1.20. The van der Waals surface area contributed by atoms with Gasteiger partial charge in [0, 0.05) is 13.0 Å². The monoisotopic (exact) mass is 240 g/mol. The van der Waals surface area contributed by atoms with E-state index in [1.54, 1.807) is 24.3 Å². The molecule has 0 aliphatic heterocycles. The summed E-state index contributed by atoms with van der Waals surface area (Å²) in [4.78, 5) is 11.1. The summed E-state index contributed by atoms with van der Waals surface area (Å²) in [5, 5.41) is 27.1. The number of carbonyl (C=O) groups excluding carboxylic acids is 1. The van der Waals surface area contributed by atoms with E-state index in [1.165, 1.54) is 0 Å². The van der Waals surface area contributed by atoms with Gasteiger partial charge in [0.2, 0.25) is 0 Å². The molecule has 0 aromatic heterocycles. The normalized spacial score (nSPS) is 10.5. The molecule has 0 radical (unpaired) electrons. The fraction of sp³-hybridized carbons (Fsp3) is 0.364. The molecule has 2 N–H and O–H groups in total. The van der Waals surface area contributed by atoms with E-state index < -0.39 is 5.97 Å². The minimum Gasteiger partial charge on any atom is -0.762 e. The zero-order chi connectivity index (χ0) is 12.7. The van der Waals surface area contributed by atoms with Crippen LogP contribution in [0.5, 0.6) is 5.75 Å². The highest BCUT2D eigenvalue weighted by atomic mass is 16.8. The lowest BCUT2D eigenvalue weighted by Gasteiger charge is -2.17. The van der Waals surface area contributed by atoms with Crippen LogP contribution in [0.1, 0.15) is 12.0 Å². The number of benzene rings is 1. The summed E-state index contributed by atoms with van der Waals surface area (Å²) in [6.07, 6.45) is 0.391. The van der Waals surface area contributed by atoms with E-state index in [2.05, 4.69) is 0 Å². The number of phenolic OH excluding ortho intramolecular Hbond substituents is 1. The topological polar surface area (TPSA) is 93.1 Å². The molecular formula is C11H14NO5-. The number of carbonyl (C=O) groups is 1. The number of esters is 1. The number of hydroxylamine groups is 2. The van der Waals surface area contributed by atoms with Gasteiger partial charge in [-0.1, -0.05) is 12.1 Å². The average molecular weight is 240 g/mol. The number of hydrogen-bond acceptors (Lipinski definition) is 6. The van der Waals surface area contributed by atoms with Crippen LogP contribution in [0.25, 0.3) is 0 Å². The van der Waals surface area contributed by atoms with Crippen molar-refractivity contribution in [3.63, 3.8) is 0 Å². The third kappa shape index (κ3) is 5.86. The van der Waals surface area contributed by atoms with E-state index in [0.29, 0.717) is 6.42 Å². The maximum absolute atomic E-state index is 11.1. The zero-order valence-corrected chi connectivity index (χ0v) is 9.20. The molecule has 6 nitrogen and oxygen atoms in total. The highest BCUT2D eigenvalue weighted by Crippen LogP contribution is 2.10. The third-order valence-electron chi connectivity index (χ3n) is 2.10. The molecule has 17 heavy (non-hydrogen) atoms. The van der Waals surface area contributed by atoms with E-state index >= 15 is 0 Å². The molecule has 0 heterocycles. The summed E-state index contributed by atoms with van der Waals surface area (Å²) in [6, 6.07) is 6.57. The van der Waals surface area contributed by atoms with Gasteiger partial charge >= 0.3 is 5.97 Å². The van der Waals surface area contributed by atoms with E-state index in [-0.39, 0.29) is 30.5 Å². The van der Waals surface area contributed by atoms with Crippen LogP contribution >= 0.6 is 0 Å². The smallest absolute Gasteiger partial charge is 0.307 e. The lowest BCUT2D eigenvalue weighted by atomic mass is 10.1. The third-order valence-corrected chi connectivity index (χ3v) is 2.10. The summed E-state index contributed by atoms with van der Waals surface area (Å²) < 4.78 is 4.85. The Morgan fingerprint density at radius 2 is 2.00 bits per heavy atom. The fourth-order valence-corrected chi connectivity index (χ4v) is 1.20. The van der Waals surface area contributed by atoms with Gasteiger partial charge < -0.3 is 20.3 Å². The van der Waals surface area contributed by atoms with E-state index in [9.17, 15) is 10.0 Å². The minimum atomic E-state index is -0.529. The highest BCUT2D eigenvalue weighted by molar-refractivity contribution is 5.69. The van der Waals surface area contributed by atoms with Crippen molar-refractivity contribution < 1.29 is 19.8 Å². The largest absolute Gasteiger partial charge is 0.762 e. The molecule has 0 saturated heterocycles. The van der Waals surface area contributed by atoms with Crippen LogP contribution in [-0.2, 0) is 16.0 Å². The summed E-state index contributed by atoms with van der Waals surface area (Å²) in [7, 11) is 0. The molecule has 0 unspecified atom stereocenters. The Kier molecular flexibility index (Phi) is 5.41. The first-order valence-corrected chi connectivity index (χ1v) is 5.15. The summed E-state index contributed by atoms with van der Waals surface area (Å²) in [6.45, 7) is -0.0913. The Balaban J connectivity index is 2.19. The van der Waals surface area contributed by atoms with E-state index in [1.807, 2.05) is 0 Å².